The van der Waals surface area contributed by atoms with Crippen LogP contribution in [0.15, 0.2) is 66.7 Å². The maximum Gasteiger partial charge on any atom is 0.326 e. The van der Waals surface area contributed by atoms with E-state index < -0.39 is 35.1 Å². The number of hydrogen-bond acceptors (Lipinski definition) is 5. The van der Waals surface area contributed by atoms with E-state index >= 15 is 0 Å². The number of benzene rings is 4. The van der Waals surface area contributed by atoms with Crippen LogP contribution in [0.25, 0.3) is 21.9 Å². The fourth-order valence-electron chi connectivity index (χ4n) is 4.53. The summed E-state index contributed by atoms with van der Waals surface area (Å²) in [5.41, 5.74) is 1.05. The first-order valence-corrected chi connectivity index (χ1v) is 11.8. The SMILES string of the molecule is COc1cc2ccccc2cc1-c1ccc(C[C@H](NC(=O)c2c(F)cccc2F)C(=O)O)c2c1OCCO2. The van der Waals surface area contributed by atoms with Crippen molar-refractivity contribution in [2.75, 3.05) is 20.3 Å². The number of rotatable bonds is 7. The molecule has 0 radical (unpaired) electrons. The van der Waals surface area contributed by atoms with Gasteiger partial charge in [-0.05, 0) is 41.1 Å². The Hall–Kier alpha value is -4.66. The molecular weight excluding hydrogens is 496 g/mol. The Kier molecular flexibility index (Phi) is 6.83. The molecule has 0 bridgehead atoms. The first-order chi connectivity index (χ1) is 18.4. The van der Waals surface area contributed by atoms with E-state index in [-0.39, 0.29) is 19.6 Å². The van der Waals surface area contributed by atoms with Crippen LogP contribution in [0.1, 0.15) is 15.9 Å². The standard InChI is InChI=1S/C29H23F2NO6/c1-36-24-15-17-6-3-2-5-16(17)13-20(24)19-10-9-18(26-27(19)38-12-11-37-26)14-23(29(34)35)32-28(33)25-21(30)7-4-8-22(25)31/h2-10,13,15,23H,11-12,14H2,1H3,(H,32,33)(H,34,35)/t23-/m0/s1. The van der Waals surface area contributed by atoms with Gasteiger partial charge in [0.05, 0.1) is 7.11 Å². The Bertz CT molecular complexity index is 1530. The molecular formula is C29H23F2NO6. The summed E-state index contributed by atoms with van der Waals surface area (Å²) in [6.07, 6.45) is -0.210. The van der Waals surface area contributed by atoms with Crippen LogP contribution in [0.2, 0.25) is 0 Å². The number of carboxylic acids is 1. The van der Waals surface area contributed by atoms with E-state index in [2.05, 4.69) is 5.32 Å². The van der Waals surface area contributed by atoms with Crippen LogP contribution in [0.3, 0.4) is 0 Å². The number of amides is 1. The van der Waals surface area contributed by atoms with Gasteiger partial charge in [-0.1, -0.05) is 36.4 Å². The quantitative estimate of drug-likeness (QED) is 0.357. The lowest BCUT2D eigenvalue weighted by Gasteiger charge is -2.25. The molecule has 2 N–H and O–H groups in total. The molecule has 0 fully saturated rings. The number of carboxylic acid groups (broad SMARTS) is 1. The minimum Gasteiger partial charge on any atom is -0.496 e. The second-order valence-corrected chi connectivity index (χ2v) is 8.69. The van der Waals surface area contributed by atoms with E-state index in [1.54, 1.807) is 19.2 Å². The van der Waals surface area contributed by atoms with Gasteiger partial charge in [-0.2, -0.15) is 0 Å². The lowest BCUT2D eigenvalue weighted by Crippen LogP contribution is -2.43. The molecule has 4 aromatic rings. The van der Waals surface area contributed by atoms with Gasteiger partial charge in [0, 0.05) is 23.1 Å². The second kappa shape index (κ2) is 10.4. The van der Waals surface area contributed by atoms with Crippen molar-refractivity contribution in [1.82, 2.24) is 5.32 Å². The first kappa shape index (κ1) is 25.0. The van der Waals surface area contributed by atoms with E-state index in [0.29, 0.717) is 28.4 Å². The monoisotopic (exact) mass is 519 g/mol. The molecule has 9 heteroatoms. The van der Waals surface area contributed by atoms with Crippen molar-refractivity contribution < 1.29 is 37.7 Å². The van der Waals surface area contributed by atoms with Crippen molar-refractivity contribution in [3.05, 3.63) is 89.5 Å². The Balaban J connectivity index is 1.51. The Morgan fingerprint density at radius 2 is 1.58 bits per heavy atom. The Morgan fingerprint density at radius 3 is 2.24 bits per heavy atom. The van der Waals surface area contributed by atoms with E-state index in [1.807, 2.05) is 36.4 Å². The van der Waals surface area contributed by atoms with Crippen molar-refractivity contribution in [3.8, 4) is 28.4 Å². The predicted molar refractivity (Wildman–Crippen MR) is 136 cm³/mol. The summed E-state index contributed by atoms with van der Waals surface area (Å²) in [5, 5.41) is 14.0. The molecule has 0 aliphatic carbocycles. The summed E-state index contributed by atoms with van der Waals surface area (Å²) < 4.78 is 45.7. The maximum atomic E-state index is 14.1. The normalized spacial score (nSPS) is 13.1. The van der Waals surface area contributed by atoms with Crippen LogP contribution in [-0.2, 0) is 11.2 Å². The largest absolute Gasteiger partial charge is 0.496 e. The molecule has 1 amide bonds. The zero-order chi connectivity index (χ0) is 26.8. The molecule has 1 atom stereocenters. The smallest absolute Gasteiger partial charge is 0.326 e. The summed E-state index contributed by atoms with van der Waals surface area (Å²) in [6, 6.07) is 16.7. The molecule has 4 aromatic carbocycles. The third-order valence-electron chi connectivity index (χ3n) is 6.35. The van der Waals surface area contributed by atoms with Crippen molar-refractivity contribution >= 4 is 22.6 Å². The number of aliphatic carboxylic acids is 1. The highest BCUT2D eigenvalue weighted by Gasteiger charge is 2.29. The number of methoxy groups -OCH3 is 1. The highest BCUT2D eigenvalue weighted by Crippen LogP contribution is 2.46. The second-order valence-electron chi connectivity index (χ2n) is 8.69. The highest BCUT2D eigenvalue weighted by molar-refractivity contribution is 5.97. The molecule has 0 unspecified atom stereocenters. The summed E-state index contributed by atoms with van der Waals surface area (Å²) >= 11 is 0. The summed E-state index contributed by atoms with van der Waals surface area (Å²) in [4.78, 5) is 24.6. The van der Waals surface area contributed by atoms with Crippen LogP contribution in [0.4, 0.5) is 8.78 Å². The number of carbonyl (C=O) groups excluding carboxylic acids is 1. The number of fused-ring (bicyclic) bond motifs is 2. The van der Waals surface area contributed by atoms with Gasteiger partial charge in [-0.3, -0.25) is 4.79 Å². The maximum absolute atomic E-state index is 14.1. The van der Waals surface area contributed by atoms with Crippen LogP contribution in [0, 0.1) is 11.6 Å². The van der Waals surface area contributed by atoms with Gasteiger partial charge in [0.25, 0.3) is 5.91 Å². The molecule has 7 nitrogen and oxygen atoms in total. The highest BCUT2D eigenvalue weighted by atomic mass is 19.1. The van der Waals surface area contributed by atoms with E-state index in [4.69, 9.17) is 14.2 Å². The topological polar surface area (TPSA) is 94.1 Å². The number of carbonyl (C=O) groups is 2. The van der Waals surface area contributed by atoms with Gasteiger partial charge >= 0.3 is 5.97 Å². The third-order valence-corrected chi connectivity index (χ3v) is 6.35. The molecule has 1 heterocycles. The van der Waals surface area contributed by atoms with E-state index in [0.717, 1.165) is 34.5 Å². The Morgan fingerprint density at radius 1 is 0.921 bits per heavy atom. The minimum atomic E-state index is -1.49. The average molecular weight is 520 g/mol. The van der Waals surface area contributed by atoms with E-state index in [9.17, 15) is 23.5 Å². The molecule has 38 heavy (non-hydrogen) atoms. The van der Waals surface area contributed by atoms with Crippen molar-refractivity contribution in [2.24, 2.45) is 0 Å². The molecule has 0 spiro atoms. The third kappa shape index (κ3) is 4.70. The van der Waals surface area contributed by atoms with Crippen LogP contribution >= 0.6 is 0 Å². The van der Waals surface area contributed by atoms with Crippen molar-refractivity contribution in [1.29, 1.82) is 0 Å². The van der Waals surface area contributed by atoms with Crippen molar-refractivity contribution in [2.45, 2.75) is 12.5 Å². The van der Waals surface area contributed by atoms with Crippen LogP contribution < -0.4 is 19.5 Å². The summed E-state index contributed by atoms with van der Waals surface area (Å²) in [7, 11) is 1.57. The molecule has 0 saturated heterocycles. The molecule has 0 saturated carbocycles. The Labute approximate surface area is 216 Å². The van der Waals surface area contributed by atoms with Gasteiger partial charge < -0.3 is 24.6 Å². The van der Waals surface area contributed by atoms with Crippen molar-refractivity contribution in [3.63, 3.8) is 0 Å². The zero-order valence-corrected chi connectivity index (χ0v) is 20.3. The van der Waals surface area contributed by atoms with Gasteiger partial charge in [0.2, 0.25) is 0 Å². The van der Waals surface area contributed by atoms with Gasteiger partial charge in [-0.15, -0.1) is 0 Å². The number of halogens is 2. The lowest BCUT2D eigenvalue weighted by atomic mass is 9.95. The van der Waals surface area contributed by atoms with E-state index in [1.165, 1.54) is 0 Å². The van der Waals surface area contributed by atoms with Gasteiger partial charge in [-0.25, -0.2) is 13.6 Å². The predicted octanol–water partition coefficient (Wildman–Crippen LogP) is 4.99. The molecule has 5 rings (SSSR count). The van der Waals surface area contributed by atoms with Crippen LogP contribution in [0.5, 0.6) is 17.2 Å². The lowest BCUT2D eigenvalue weighted by molar-refractivity contribution is -0.139. The molecule has 1 aliphatic heterocycles. The average Bonchev–Trinajstić information content (AvgIpc) is 2.92. The van der Waals surface area contributed by atoms with Crippen LogP contribution in [-0.4, -0.2) is 43.3 Å². The number of ether oxygens (including phenoxy) is 3. The van der Waals surface area contributed by atoms with Gasteiger partial charge in [0.15, 0.2) is 11.5 Å². The molecule has 0 aromatic heterocycles. The summed E-state index contributed by atoms with van der Waals surface area (Å²) in [5.74, 6) is -3.35. The number of nitrogens with one attached hydrogen (secondary N) is 1. The van der Waals surface area contributed by atoms with Gasteiger partial charge in [0.1, 0.15) is 42.2 Å². The fraction of sp³-hybridized carbons (Fsp3) is 0.172. The fourth-order valence-corrected chi connectivity index (χ4v) is 4.53. The minimum absolute atomic E-state index is 0.210. The molecule has 194 valence electrons. The summed E-state index contributed by atoms with van der Waals surface area (Å²) in [6.45, 7) is 0.522. The zero-order valence-electron chi connectivity index (χ0n) is 20.3. The number of hydrogen-bond donors (Lipinski definition) is 2. The molecule has 1 aliphatic rings. The first-order valence-electron chi connectivity index (χ1n) is 11.8.